The summed E-state index contributed by atoms with van der Waals surface area (Å²) in [7, 11) is 0. The molecule has 1 aromatic rings. The maximum atomic E-state index is 11.0. The lowest BCUT2D eigenvalue weighted by molar-refractivity contribution is -0.143. The summed E-state index contributed by atoms with van der Waals surface area (Å²) in [5.74, 6) is -1.84. The van der Waals surface area contributed by atoms with Crippen molar-refractivity contribution in [2.24, 2.45) is 11.8 Å². The first kappa shape index (κ1) is 19.2. The zero-order valence-electron chi connectivity index (χ0n) is 13.7. The van der Waals surface area contributed by atoms with E-state index in [1.165, 1.54) is 0 Å². The van der Waals surface area contributed by atoms with E-state index >= 15 is 0 Å². The van der Waals surface area contributed by atoms with Crippen molar-refractivity contribution < 1.29 is 19.8 Å². The van der Waals surface area contributed by atoms with Gasteiger partial charge < -0.3 is 10.2 Å². The minimum absolute atomic E-state index is 0.226. The predicted molar refractivity (Wildman–Crippen MR) is 90.2 cm³/mol. The van der Waals surface area contributed by atoms with Gasteiger partial charge in [-0.1, -0.05) is 68.5 Å². The van der Waals surface area contributed by atoms with Crippen molar-refractivity contribution in [3.05, 3.63) is 36.4 Å². The van der Waals surface area contributed by atoms with Gasteiger partial charge in [-0.3, -0.25) is 9.59 Å². The molecule has 0 bridgehead atoms. The molecule has 0 radical (unpaired) electrons. The second kappa shape index (κ2) is 11.7. The Hall–Kier alpha value is -1.84. The van der Waals surface area contributed by atoms with Gasteiger partial charge in [-0.25, -0.2) is 0 Å². The monoisotopic (exact) mass is 320 g/mol. The van der Waals surface area contributed by atoms with Gasteiger partial charge in [-0.15, -0.1) is 0 Å². The van der Waals surface area contributed by atoms with Crippen molar-refractivity contribution in [2.75, 3.05) is 0 Å². The number of carboxylic acids is 2. The maximum Gasteiger partial charge on any atom is 0.306 e. The minimum Gasteiger partial charge on any atom is -0.481 e. The van der Waals surface area contributed by atoms with Crippen LogP contribution >= 0.6 is 0 Å². The summed E-state index contributed by atoms with van der Waals surface area (Å²) >= 11 is 0. The van der Waals surface area contributed by atoms with Gasteiger partial charge in [0.2, 0.25) is 0 Å². The summed E-state index contributed by atoms with van der Waals surface area (Å²) < 4.78 is 0. The minimum atomic E-state index is -0.695. The van der Waals surface area contributed by atoms with Crippen LogP contribution in [0.5, 0.6) is 0 Å². The molecule has 4 nitrogen and oxygen atoms in total. The first-order chi connectivity index (χ1) is 11.1. The zero-order valence-corrected chi connectivity index (χ0v) is 13.7. The largest absolute Gasteiger partial charge is 0.481 e. The van der Waals surface area contributed by atoms with E-state index in [2.05, 4.69) is 0 Å². The summed E-state index contributed by atoms with van der Waals surface area (Å²) in [5, 5.41) is 18.1. The molecular weight excluding hydrogens is 292 g/mol. The Labute approximate surface area is 138 Å². The van der Waals surface area contributed by atoms with Gasteiger partial charge >= 0.3 is 11.9 Å². The van der Waals surface area contributed by atoms with Crippen LogP contribution in [0.15, 0.2) is 36.4 Å². The normalized spacial score (nSPS) is 22.8. The summed E-state index contributed by atoms with van der Waals surface area (Å²) in [6, 6.07) is 12.0. The number of rotatable bonds is 2. The number of carbonyl (C=O) groups is 2. The molecule has 2 atom stereocenters. The lowest BCUT2D eigenvalue weighted by atomic mass is 9.95. The van der Waals surface area contributed by atoms with Crippen LogP contribution in [-0.2, 0) is 9.59 Å². The van der Waals surface area contributed by atoms with E-state index in [-0.39, 0.29) is 11.8 Å². The van der Waals surface area contributed by atoms with Crippen LogP contribution in [-0.4, -0.2) is 22.2 Å². The molecule has 0 heterocycles. The molecule has 2 unspecified atom stereocenters. The molecule has 0 aromatic heterocycles. The first-order valence-corrected chi connectivity index (χ1v) is 8.57. The quantitative estimate of drug-likeness (QED) is 0.835. The number of hydrogen-bond acceptors (Lipinski definition) is 2. The van der Waals surface area contributed by atoms with Crippen LogP contribution in [0.4, 0.5) is 0 Å². The van der Waals surface area contributed by atoms with Crippen LogP contribution in [0, 0.1) is 11.8 Å². The maximum absolute atomic E-state index is 11.0. The summed E-state index contributed by atoms with van der Waals surface area (Å²) in [5.41, 5.74) is 0. The third kappa shape index (κ3) is 9.01. The van der Waals surface area contributed by atoms with E-state index in [0.717, 1.165) is 44.9 Å². The SMILES string of the molecule is O=C(O)C1CCCCCC(C(=O)O)CCCC1.c1ccccc1. The molecule has 1 aliphatic rings. The Morgan fingerprint density at radius 1 is 0.565 bits per heavy atom. The molecule has 1 aliphatic carbocycles. The van der Waals surface area contributed by atoms with Gasteiger partial charge in [0.1, 0.15) is 0 Å². The lowest BCUT2D eigenvalue weighted by Crippen LogP contribution is -2.14. The number of benzene rings is 1. The van der Waals surface area contributed by atoms with Crippen molar-refractivity contribution in [1.82, 2.24) is 0 Å². The molecule has 2 N–H and O–H groups in total. The zero-order chi connectivity index (χ0) is 16.9. The van der Waals surface area contributed by atoms with Gasteiger partial charge in [0.15, 0.2) is 0 Å². The Morgan fingerprint density at radius 2 is 0.826 bits per heavy atom. The summed E-state index contributed by atoms with van der Waals surface area (Å²) in [6.07, 6.45) is 7.31. The molecule has 4 heteroatoms. The Morgan fingerprint density at radius 3 is 1.09 bits per heavy atom. The molecule has 128 valence electrons. The third-order valence-electron chi connectivity index (χ3n) is 4.33. The highest BCUT2D eigenvalue weighted by atomic mass is 16.4. The second-order valence-electron chi connectivity index (χ2n) is 6.15. The number of aliphatic carboxylic acids is 2. The van der Waals surface area contributed by atoms with Crippen LogP contribution < -0.4 is 0 Å². The fourth-order valence-electron chi connectivity index (χ4n) is 2.91. The van der Waals surface area contributed by atoms with Crippen LogP contribution in [0.2, 0.25) is 0 Å². The highest BCUT2D eigenvalue weighted by Gasteiger charge is 2.20. The Balaban J connectivity index is 0.000000366. The van der Waals surface area contributed by atoms with Crippen molar-refractivity contribution in [3.8, 4) is 0 Å². The van der Waals surface area contributed by atoms with E-state index < -0.39 is 11.9 Å². The number of carboxylic acid groups (broad SMARTS) is 2. The van der Waals surface area contributed by atoms with Gasteiger partial charge in [0.05, 0.1) is 11.8 Å². The van der Waals surface area contributed by atoms with Gasteiger partial charge in [-0.2, -0.15) is 0 Å². The smallest absolute Gasteiger partial charge is 0.306 e. The molecule has 0 spiro atoms. The average Bonchev–Trinajstić information content (AvgIpc) is 2.61. The van der Waals surface area contributed by atoms with Crippen LogP contribution in [0.25, 0.3) is 0 Å². The third-order valence-corrected chi connectivity index (χ3v) is 4.33. The first-order valence-electron chi connectivity index (χ1n) is 8.57. The van der Waals surface area contributed by atoms with Crippen molar-refractivity contribution in [1.29, 1.82) is 0 Å². The second-order valence-corrected chi connectivity index (χ2v) is 6.15. The van der Waals surface area contributed by atoms with Gasteiger partial charge in [0.25, 0.3) is 0 Å². The standard InChI is InChI=1S/C13H22O4.C6H6/c14-12(15)10-6-2-1-3-7-11(13(16)17)9-5-4-8-10;1-2-4-6-5-3-1/h10-11H,1-9H2,(H,14,15)(H,16,17);1-6H. The lowest BCUT2D eigenvalue weighted by Gasteiger charge is -2.11. The predicted octanol–water partition coefficient (Wildman–Crippen LogP) is 4.60. The Bertz CT molecular complexity index is 391. The fraction of sp³-hybridized carbons (Fsp3) is 0.579. The molecule has 0 aliphatic heterocycles. The van der Waals surface area contributed by atoms with Crippen LogP contribution in [0.3, 0.4) is 0 Å². The molecule has 2 rings (SSSR count). The fourth-order valence-corrected chi connectivity index (χ4v) is 2.91. The molecule has 0 amide bonds. The molecule has 23 heavy (non-hydrogen) atoms. The van der Waals surface area contributed by atoms with Gasteiger partial charge in [-0.05, 0) is 25.7 Å². The van der Waals surface area contributed by atoms with E-state index in [9.17, 15) is 9.59 Å². The molecule has 1 saturated carbocycles. The topological polar surface area (TPSA) is 74.6 Å². The van der Waals surface area contributed by atoms with E-state index in [1.54, 1.807) is 0 Å². The van der Waals surface area contributed by atoms with E-state index in [4.69, 9.17) is 10.2 Å². The van der Waals surface area contributed by atoms with E-state index in [0.29, 0.717) is 12.8 Å². The van der Waals surface area contributed by atoms with Gasteiger partial charge in [0, 0.05) is 0 Å². The van der Waals surface area contributed by atoms with Crippen molar-refractivity contribution in [2.45, 2.75) is 57.8 Å². The van der Waals surface area contributed by atoms with Crippen LogP contribution in [0.1, 0.15) is 57.8 Å². The van der Waals surface area contributed by atoms with Crippen molar-refractivity contribution in [3.63, 3.8) is 0 Å². The number of hydrogen-bond donors (Lipinski definition) is 2. The molecular formula is C19H28O4. The van der Waals surface area contributed by atoms with Crippen molar-refractivity contribution >= 4 is 11.9 Å². The summed E-state index contributed by atoms with van der Waals surface area (Å²) in [6.45, 7) is 0. The highest BCUT2D eigenvalue weighted by molar-refractivity contribution is 5.70. The Kier molecular flexibility index (Phi) is 9.76. The summed E-state index contributed by atoms with van der Waals surface area (Å²) in [4.78, 5) is 22.0. The molecule has 1 aromatic carbocycles. The average molecular weight is 320 g/mol. The molecule has 1 fully saturated rings. The highest BCUT2D eigenvalue weighted by Crippen LogP contribution is 2.24. The molecule has 0 saturated heterocycles. The van der Waals surface area contributed by atoms with E-state index in [1.807, 2.05) is 36.4 Å².